The van der Waals surface area contributed by atoms with Gasteiger partial charge in [-0.05, 0) is 19.8 Å². The molecule has 1 rings (SSSR count). The zero-order valence-electron chi connectivity index (χ0n) is 10.6. The molecule has 1 unspecified atom stereocenters. The van der Waals surface area contributed by atoms with Gasteiger partial charge in [0.1, 0.15) is 10.7 Å². The van der Waals surface area contributed by atoms with Crippen molar-refractivity contribution in [1.29, 1.82) is 0 Å². The van der Waals surface area contributed by atoms with Gasteiger partial charge in [0.25, 0.3) is 0 Å². The van der Waals surface area contributed by atoms with Gasteiger partial charge in [0.2, 0.25) is 0 Å². The molecule has 0 amide bonds. The number of methoxy groups -OCH3 is 1. The molecule has 0 aliphatic heterocycles. The fourth-order valence-electron chi connectivity index (χ4n) is 1.74. The quantitative estimate of drug-likeness (QED) is 0.748. The van der Waals surface area contributed by atoms with Gasteiger partial charge in [0.05, 0.1) is 11.7 Å². The summed E-state index contributed by atoms with van der Waals surface area (Å²) in [5, 5.41) is 8.22. The molecule has 0 aliphatic carbocycles. The highest BCUT2D eigenvalue weighted by Crippen LogP contribution is 2.16. The molecule has 1 aromatic heterocycles. The first-order valence-electron chi connectivity index (χ1n) is 5.84. The first-order valence-corrected chi connectivity index (χ1v) is 6.25. The summed E-state index contributed by atoms with van der Waals surface area (Å²) in [6, 6.07) is 0.243. The van der Waals surface area contributed by atoms with Crippen molar-refractivity contribution >= 4 is 17.2 Å². The van der Waals surface area contributed by atoms with Gasteiger partial charge in [-0.1, -0.05) is 30.8 Å². The third-order valence-electron chi connectivity index (χ3n) is 2.67. The van der Waals surface area contributed by atoms with E-state index in [1.54, 1.807) is 7.11 Å². The van der Waals surface area contributed by atoms with Crippen LogP contribution in [0.25, 0.3) is 0 Å². The number of aromatic nitrogens is 3. The Morgan fingerprint density at radius 2 is 2.29 bits per heavy atom. The van der Waals surface area contributed by atoms with Crippen LogP contribution in [0.1, 0.15) is 44.1 Å². The summed E-state index contributed by atoms with van der Waals surface area (Å²) < 4.78 is 6.99. The van der Waals surface area contributed by atoms with Crippen molar-refractivity contribution in [1.82, 2.24) is 15.0 Å². The Hall–Kier alpha value is -1.01. The molecular formula is C11H20N4OS. The van der Waals surface area contributed by atoms with Crippen molar-refractivity contribution in [3.05, 3.63) is 11.4 Å². The van der Waals surface area contributed by atoms with E-state index in [0.29, 0.717) is 17.3 Å². The van der Waals surface area contributed by atoms with Gasteiger partial charge in [-0.3, -0.25) is 0 Å². The highest BCUT2D eigenvalue weighted by atomic mass is 32.1. The van der Waals surface area contributed by atoms with Crippen molar-refractivity contribution < 1.29 is 4.74 Å². The van der Waals surface area contributed by atoms with E-state index in [1.165, 1.54) is 0 Å². The predicted molar refractivity (Wildman–Crippen MR) is 71.1 cm³/mol. The van der Waals surface area contributed by atoms with Gasteiger partial charge in [-0.2, -0.15) is 0 Å². The maximum absolute atomic E-state index is 5.65. The van der Waals surface area contributed by atoms with E-state index in [4.69, 9.17) is 22.7 Å². The third-order valence-corrected chi connectivity index (χ3v) is 2.86. The van der Waals surface area contributed by atoms with E-state index in [0.717, 1.165) is 25.0 Å². The van der Waals surface area contributed by atoms with Crippen molar-refractivity contribution in [3.8, 4) is 0 Å². The molecule has 2 N–H and O–H groups in total. The average molecular weight is 256 g/mol. The minimum absolute atomic E-state index is 0.243. The molecule has 5 nitrogen and oxygen atoms in total. The first-order chi connectivity index (χ1) is 8.11. The van der Waals surface area contributed by atoms with Crippen LogP contribution >= 0.6 is 12.2 Å². The van der Waals surface area contributed by atoms with Gasteiger partial charge < -0.3 is 10.5 Å². The molecule has 6 heteroatoms. The zero-order chi connectivity index (χ0) is 12.8. The third kappa shape index (κ3) is 3.47. The Balaban J connectivity index is 2.94. The molecule has 0 saturated carbocycles. The second-order valence-corrected chi connectivity index (χ2v) is 4.51. The van der Waals surface area contributed by atoms with Crippen LogP contribution in [0, 0.1) is 0 Å². The molecular weight excluding hydrogens is 236 g/mol. The molecule has 96 valence electrons. The molecule has 1 atom stereocenters. The smallest absolute Gasteiger partial charge is 0.143 e. The van der Waals surface area contributed by atoms with Gasteiger partial charge in [0.15, 0.2) is 0 Å². The van der Waals surface area contributed by atoms with Crippen LogP contribution in [0.4, 0.5) is 0 Å². The maximum Gasteiger partial charge on any atom is 0.143 e. The number of nitrogens with two attached hydrogens (primary N) is 1. The normalized spacial score (nSPS) is 12.6. The van der Waals surface area contributed by atoms with E-state index in [-0.39, 0.29) is 6.04 Å². The van der Waals surface area contributed by atoms with Crippen LogP contribution in [-0.4, -0.2) is 33.7 Å². The van der Waals surface area contributed by atoms with Crippen molar-refractivity contribution in [2.24, 2.45) is 5.73 Å². The summed E-state index contributed by atoms with van der Waals surface area (Å²) in [4.78, 5) is 0.318. The van der Waals surface area contributed by atoms with E-state index >= 15 is 0 Å². The summed E-state index contributed by atoms with van der Waals surface area (Å²) in [6.07, 6.45) is 2.80. The molecule has 0 bridgehead atoms. The molecule has 1 aromatic rings. The number of hydrogen-bond donors (Lipinski definition) is 1. The van der Waals surface area contributed by atoms with Crippen molar-refractivity contribution in [2.45, 2.75) is 39.2 Å². The lowest BCUT2D eigenvalue weighted by molar-refractivity contribution is 0.177. The highest BCUT2D eigenvalue weighted by molar-refractivity contribution is 7.80. The molecule has 0 spiro atoms. The Kier molecular flexibility index (Phi) is 5.50. The van der Waals surface area contributed by atoms with E-state index < -0.39 is 0 Å². The molecule has 0 saturated heterocycles. The Morgan fingerprint density at radius 3 is 2.82 bits per heavy atom. The number of rotatable bonds is 7. The lowest BCUT2D eigenvalue weighted by Gasteiger charge is -2.14. The number of hydrogen-bond acceptors (Lipinski definition) is 4. The van der Waals surface area contributed by atoms with Gasteiger partial charge in [-0.25, -0.2) is 4.68 Å². The number of nitrogens with zero attached hydrogens (tertiary/aromatic N) is 3. The zero-order valence-corrected chi connectivity index (χ0v) is 11.5. The van der Waals surface area contributed by atoms with Gasteiger partial charge in [-0.15, -0.1) is 5.10 Å². The first kappa shape index (κ1) is 14.1. The highest BCUT2D eigenvalue weighted by Gasteiger charge is 2.17. The lowest BCUT2D eigenvalue weighted by atomic mass is 10.1. The summed E-state index contributed by atoms with van der Waals surface area (Å²) in [5.74, 6) is 0. The van der Waals surface area contributed by atoms with Crippen LogP contribution in [0.5, 0.6) is 0 Å². The van der Waals surface area contributed by atoms with Crippen molar-refractivity contribution in [2.75, 3.05) is 13.7 Å². The predicted octanol–water partition coefficient (Wildman–Crippen LogP) is 1.46. The van der Waals surface area contributed by atoms with Gasteiger partial charge in [0, 0.05) is 13.7 Å². The molecule has 0 aromatic carbocycles. The second-order valence-electron chi connectivity index (χ2n) is 4.07. The maximum atomic E-state index is 5.65. The Bertz CT molecular complexity index is 378. The largest absolute Gasteiger partial charge is 0.388 e. The monoisotopic (exact) mass is 256 g/mol. The molecule has 0 fully saturated rings. The van der Waals surface area contributed by atoms with Crippen LogP contribution in [0.2, 0.25) is 0 Å². The summed E-state index contributed by atoms with van der Waals surface area (Å²) in [7, 11) is 1.70. The summed E-state index contributed by atoms with van der Waals surface area (Å²) in [5.41, 5.74) is 7.34. The fourth-order valence-corrected chi connectivity index (χ4v) is 1.90. The molecule has 0 aliphatic rings. The minimum Gasteiger partial charge on any atom is -0.388 e. The van der Waals surface area contributed by atoms with Crippen LogP contribution in [-0.2, 0) is 11.2 Å². The van der Waals surface area contributed by atoms with Crippen molar-refractivity contribution in [3.63, 3.8) is 0 Å². The number of ether oxygens (including phenoxy) is 1. The SMILES string of the molecule is CCCc1c(C(N)=S)nnn1C(C)CCOC. The van der Waals surface area contributed by atoms with E-state index in [9.17, 15) is 0 Å². The van der Waals surface area contributed by atoms with E-state index in [2.05, 4.69) is 24.2 Å². The molecule has 17 heavy (non-hydrogen) atoms. The molecule has 0 radical (unpaired) electrons. The van der Waals surface area contributed by atoms with E-state index in [1.807, 2.05) is 4.68 Å². The number of thiocarbonyl (C=S) groups is 1. The Morgan fingerprint density at radius 1 is 1.59 bits per heavy atom. The summed E-state index contributed by atoms with van der Waals surface area (Å²) in [6.45, 7) is 4.91. The molecule has 1 heterocycles. The standard InChI is InChI=1S/C11H20N4OS/c1-4-5-9-10(11(12)17)13-14-15(9)8(2)6-7-16-3/h8H,4-7H2,1-3H3,(H2,12,17). The topological polar surface area (TPSA) is 66.0 Å². The van der Waals surface area contributed by atoms with Gasteiger partial charge >= 0.3 is 0 Å². The fraction of sp³-hybridized carbons (Fsp3) is 0.727. The Labute approximate surface area is 107 Å². The average Bonchev–Trinajstić information content (AvgIpc) is 2.70. The van der Waals surface area contributed by atoms with Crippen LogP contribution in [0.15, 0.2) is 0 Å². The minimum atomic E-state index is 0.243. The second kappa shape index (κ2) is 6.66. The summed E-state index contributed by atoms with van der Waals surface area (Å²) >= 11 is 4.99. The lowest BCUT2D eigenvalue weighted by Crippen LogP contribution is -2.16. The van der Waals surface area contributed by atoms with Crippen LogP contribution < -0.4 is 5.73 Å². The van der Waals surface area contributed by atoms with Crippen LogP contribution in [0.3, 0.4) is 0 Å².